The first-order chi connectivity index (χ1) is 9.27. The molecule has 0 aromatic rings. The Morgan fingerprint density at radius 1 is 1.40 bits per heavy atom. The average Bonchev–Trinajstić information content (AvgIpc) is 2.37. The molecule has 0 aliphatic heterocycles. The number of rotatable bonds is 9. The zero-order valence-corrected chi connectivity index (χ0v) is 13.4. The number of nitrogens with zero attached hydrogens (tertiary/aromatic N) is 1. The van der Waals surface area contributed by atoms with Crippen LogP contribution in [0.5, 0.6) is 0 Å². The second-order valence-corrected chi connectivity index (χ2v) is 5.43. The fourth-order valence-electron chi connectivity index (χ4n) is 1.59. The molecule has 0 spiro atoms. The van der Waals surface area contributed by atoms with Crippen LogP contribution in [-0.2, 0) is 14.3 Å². The molecule has 0 heterocycles. The van der Waals surface area contributed by atoms with Gasteiger partial charge in [0.1, 0.15) is 0 Å². The van der Waals surface area contributed by atoms with Gasteiger partial charge in [0, 0.05) is 12.1 Å². The number of ether oxygens (including phenoxy) is 1. The third kappa shape index (κ3) is 6.70. The molecular weight excluding hydrogens is 256 g/mol. The Labute approximate surface area is 122 Å². The van der Waals surface area contributed by atoms with Gasteiger partial charge >= 0.3 is 5.97 Å². The lowest BCUT2D eigenvalue weighted by Gasteiger charge is -2.31. The van der Waals surface area contributed by atoms with Crippen LogP contribution >= 0.6 is 0 Å². The Morgan fingerprint density at radius 3 is 2.45 bits per heavy atom. The number of amides is 1. The van der Waals surface area contributed by atoms with Gasteiger partial charge in [0.25, 0.3) is 0 Å². The molecule has 0 rings (SSSR count). The van der Waals surface area contributed by atoms with E-state index in [0.717, 1.165) is 6.42 Å². The van der Waals surface area contributed by atoms with Crippen LogP contribution in [0.1, 0.15) is 41.0 Å². The second-order valence-electron chi connectivity index (χ2n) is 5.43. The van der Waals surface area contributed by atoms with Crippen molar-refractivity contribution in [1.29, 1.82) is 0 Å². The third-order valence-corrected chi connectivity index (χ3v) is 3.27. The van der Waals surface area contributed by atoms with Crippen molar-refractivity contribution in [3.8, 4) is 0 Å². The van der Waals surface area contributed by atoms with Gasteiger partial charge < -0.3 is 10.1 Å². The van der Waals surface area contributed by atoms with E-state index in [0.29, 0.717) is 13.2 Å². The van der Waals surface area contributed by atoms with Gasteiger partial charge in [0.15, 0.2) is 0 Å². The van der Waals surface area contributed by atoms with Gasteiger partial charge in [-0.1, -0.05) is 13.0 Å². The molecule has 1 N–H and O–H groups in total. The van der Waals surface area contributed by atoms with Crippen molar-refractivity contribution < 1.29 is 14.3 Å². The van der Waals surface area contributed by atoms with E-state index in [2.05, 4.69) is 11.9 Å². The van der Waals surface area contributed by atoms with Crippen LogP contribution in [0, 0.1) is 0 Å². The van der Waals surface area contributed by atoms with E-state index in [1.165, 1.54) is 0 Å². The SMILES string of the molecule is C=CCN(CC(=O)OCC)C(C)C(=O)NC(C)(C)CC. The van der Waals surface area contributed by atoms with E-state index in [1.54, 1.807) is 24.8 Å². The Morgan fingerprint density at radius 2 is 2.00 bits per heavy atom. The van der Waals surface area contributed by atoms with Gasteiger partial charge in [0.05, 0.1) is 19.2 Å². The molecule has 1 atom stereocenters. The first kappa shape index (κ1) is 18.6. The molecule has 0 radical (unpaired) electrons. The topological polar surface area (TPSA) is 58.6 Å². The van der Waals surface area contributed by atoms with Crippen molar-refractivity contribution in [3.63, 3.8) is 0 Å². The minimum absolute atomic E-state index is 0.0843. The predicted octanol–water partition coefficient (Wildman–Crippen LogP) is 1.73. The summed E-state index contributed by atoms with van der Waals surface area (Å²) < 4.78 is 4.92. The highest BCUT2D eigenvalue weighted by Crippen LogP contribution is 2.09. The van der Waals surface area contributed by atoms with E-state index in [4.69, 9.17) is 4.74 Å². The first-order valence-electron chi connectivity index (χ1n) is 7.10. The quantitative estimate of drug-likeness (QED) is 0.517. The lowest BCUT2D eigenvalue weighted by atomic mass is 10.0. The van der Waals surface area contributed by atoms with Crippen molar-refractivity contribution in [2.75, 3.05) is 19.7 Å². The van der Waals surface area contributed by atoms with Crippen molar-refractivity contribution in [3.05, 3.63) is 12.7 Å². The van der Waals surface area contributed by atoms with Gasteiger partial charge in [-0.3, -0.25) is 14.5 Å². The zero-order chi connectivity index (χ0) is 15.8. The van der Waals surface area contributed by atoms with Gasteiger partial charge in [-0.05, 0) is 34.1 Å². The molecule has 0 aromatic carbocycles. The molecule has 0 aliphatic carbocycles. The fourth-order valence-corrected chi connectivity index (χ4v) is 1.59. The Kier molecular flexibility index (Phi) is 8.15. The Balaban J connectivity index is 4.70. The van der Waals surface area contributed by atoms with Gasteiger partial charge in [0.2, 0.25) is 5.91 Å². The number of hydrogen-bond donors (Lipinski definition) is 1. The number of hydrogen-bond acceptors (Lipinski definition) is 4. The molecule has 0 bridgehead atoms. The maximum Gasteiger partial charge on any atom is 0.320 e. The largest absolute Gasteiger partial charge is 0.465 e. The van der Waals surface area contributed by atoms with E-state index in [-0.39, 0.29) is 24.0 Å². The van der Waals surface area contributed by atoms with Crippen LogP contribution < -0.4 is 5.32 Å². The summed E-state index contributed by atoms with van der Waals surface area (Å²) in [5.41, 5.74) is -0.255. The normalized spacial score (nSPS) is 12.9. The van der Waals surface area contributed by atoms with Crippen molar-refractivity contribution in [1.82, 2.24) is 10.2 Å². The molecule has 5 heteroatoms. The summed E-state index contributed by atoms with van der Waals surface area (Å²) in [4.78, 5) is 25.5. The van der Waals surface area contributed by atoms with Crippen molar-refractivity contribution in [2.24, 2.45) is 0 Å². The van der Waals surface area contributed by atoms with Crippen LogP contribution in [0.4, 0.5) is 0 Å². The third-order valence-electron chi connectivity index (χ3n) is 3.27. The smallest absolute Gasteiger partial charge is 0.320 e. The standard InChI is InChI=1S/C15H28N2O3/c1-7-10-17(11-13(18)20-9-3)12(4)14(19)16-15(5,6)8-2/h7,12H,1,8-11H2,2-6H3,(H,16,19). The van der Waals surface area contributed by atoms with Crippen LogP contribution in [0.25, 0.3) is 0 Å². The molecule has 116 valence electrons. The van der Waals surface area contributed by atoms with E-state index in [1.807, 2.05) is 20.8 Å². The molecule has 5 nitrogen and oxygen atoms in total. The van der Waals surface area contributed by atoms with Crippen molar-refractivity contribution >= 4 is 11.9 Å². The molecule has 0 fully saturated rings. The minimum Gasteiger partial charge on any atom is -0.465 e. The summed E-state index contributed by atoms with van der Waals surface area (Å²) in [6, 6.07) is -0.414. The van der Waals surface area contributed by atoms with Crippen molar-refractivity contribution in [2.45, 2.75) is 52.6 Å². The van der Waals surface area contributed by atoms with Crippen LogP contribution in [0.2, 0.25) is 0 Å². The Bertz CT molecular complexity index is 340. The molecule has 1 unspecified atom stereocenters. The van der Waals surface area contributed by atoms with Crippen LogP contribution in [0.3, 0.4) is 0 Å². The van der Waals surface area contributed by atoms with E-state index < -0.39 is 6.04 Å². The fraction of sp³-hybridized carbons (Fsp3) is 0.733. The highest BCUT2D eigenvalue weighted by Gasteiger charge is 2.26. The number of carbonyl (C=O) groups is 2. The molecule has 0 aromatic heterocycles. The summed E-state index contributed by atoms with van der Waals surface area (Å²) in [6.07, 6.45) is 2.51. The second kappa shape index (κ2) is 8.74. The number of esters is 1. The molecule has 1 amide bonds. The highest BCUT2D eigenvalue weighted by molar-refractivity contribution is 5.83. The maximum atomic E-state index is 12.2. The number of nitrogens with one attached hydrogen (secondary N) is 1. The maximum absolute atomic E-state index is 12.2. The van der Waals surface area contributed by atoms with E-state index >= 15 is 0 Å². The van der Waals surface area contributed by atoms with Gasteiger partial charge in [-0.25, -0.2) is 0 Å². The monoisotopic (exact) mass is 284 g/mol. The summed E-state index contributed by atoms with van der Waals surface area (Å²) in [6.45, 7) is 14.0. The lowest BCUT2D eigenvalue weighted by Crippen LogP contribution is -2.53. The summed E-state index contributed by atoms with van der Waals surface area (Å²) in [5, 5.41) is 2.98. The molecule has 0 saturated heterocycles. The summed E-state index contributed by atoms with van der Waals surface area (Å²) in [5.74, 6) is -0.424. The first-order valence-corrected chi connectivity index (χ1v) is 7.10. The van der Waals surface area contributed by atoms with Crippen LogP contribution in [-0.4, -0.2) is 48.1 Å². The van der Waals surface area contributed by atoms with Gasteiger partial charge in [-0.15, -0.1) is 6.58 Å². The molecule has 0 saturated carbocycles. The number of carbonyl (C=O) groups excluding carboxylic acids is 2. The van der Waals surface area contributed by atoms with Crippen LogP contribution in [0.15, 0.2) is 12.7 Å². The highest BCUT2D eigenvalue weighted by atomic mass is 16.5. The Hall–Kier alpha value is -1.36. The van der Waals surface area contributed by atoms with E-state index in [9.17, 15) is 9.59 Å². The lowest BCUT2D eigenvalue weighted by molar-refractivity contribution is -0.145. The predicted molar refractivity (Wildman–Crippen MR) is 80.4 cm³/mol. The minimum atomic E-state index is -0.414. The van der Waals surface area contributed by atoms with Gasteiger partial charge in [-0.2, -0.15) is 0 Å². The summed E-state index contributed by atoms with van der Waals surface area (Å²) in [7, 11) is 0. The average molecular weight is 284 g/mol. The molecular formula is C15H28N2O3. The molecule has 20 heavy (non-hydrogen) atoms. The zero-order valence-electron chi connectivity index (χ0n) is 13.4. The molecule has 0 aliphatic rings. The summed E-state index contributed by atoms with van der Waals surface area (Å²) >= 11 is 0.